The molecule has 0 amide bonds. The SMILES string of the molecule is CCC1(COCCOCC2(CC)COC2c2cc(C)c(C)o2)COC1c1cc(C)c(C)o1. The minimum atomic E-state index is -0.0303. The molecule has 4 heterocycles. The summed E-state index contributed by atoms with van der Waals surface area (Å²) in [7, 11) is 0. The number of rotatable bonds is 11. The number of hydrogen-bond acceptors (Lipinski definition) is 6. The Morgan fingerprint density at radius 1 is 0.750 bits per heavy atom. The highest BCUT2D eigenvalue weighted by atomic mass is 16.6. The summed E-state index contributed by atoms with van der Waals surface area (Å²) in [4.78, 5) is 0. The third-order valence-corrected chi connectivity index (χ3v) is 7.63. The van der Waals surface area contributed by atoms with Gasteiger partial charge in [0, 0.05) is 0 Å². The molecule has 2 aliphatic heterocycles. The molecule has 2 aromatic heterocycles. The summed E-state index contributed by atoms with van der Waals surface area (Å²) in [5, 5.41) is 0. The van der Waals surface area contributed by atoms with Crippen molar-refractivity contribution in [2.75, 3.05) is 39.6 Å². The summed E-state index contributed by atoms with van der Waals surface area (Å²) in [6.07, 6.45) is 1.91. The van der Waals surface area contributed by atoms with Crippen LogP contribution in [0.1, 0.15) is 73.1 Å². The third-order valence-electron chi connectivity index (χ3n) is 7.63. The first kappa shape index (κ1) is 23.6. The van der Waals surface area contributed by atoms with Gasteiger partial charge < -0.3 is 27.8 Å². The summed E-state index contributed by atoms with van der Waals surface area (Å²) < 4.78 is 35.7. The predicted molar refractivity (Wildman–Crippen MR) is 121 cm³/mol. The van der Waals surface area contributed by atoms with Gasteiger partial charge in [-0.05, 0) is 63.8 Å². The molecular formula is C26H38O6. The fourth-order valence-corrected chi connectivity index (χ4v) is 4.72. The molecule has 0 bridgehead atoms. The van der Waals surface area contributed by atoms with Crippen molar-refractivity contribution in [1.82, 2.24) is 0 Å². The van der Waals surface area contributed by atoms with Crippen LogP contribution in [0.5, 0.6) is 0 Å². The summed E-state index contributed by atoms with van der Waals surface area (Å²) in [6.45, 7) is 16.3. The molecule has 4 unspecified atom stereocenters. The highest BCUT2D eigenvalue weighted by Gasteiger charge is 2.51. The Kier molecular flexibility index (Phi) is 6.87. The molecule has 6 nitrogen and oxygen atoms in total. The minimum absolute atomic E-state index is 0.0245. The van der Waals surface area contributed by atoms with Crippen LogP contribution >= 0.6 is 0 Å². The van der Waals surface area contributed by atoms with Gasteiger partial charge in [-0.1, -0.05) is 13.8 Å². The van der Waals surface area contributed by atoms with E-state index in [1.165, 1.54) is 0 Å². The Morgan fingerprint density at radius 3 is 1.41 bits per heavy atom. The minimum Gasteiger partial charge on any atom is -0.463 e. The van der Waals surface area contributed by atoms with Crippen molar-refractivity contribution in [1.29, 1.82) is 0 Å². The molecule has 0 aliphatic carbocycles. The van der Waals surface area contributed by atoms with Crippen molar-refractivity contribution in [2.45, 2.75) is 66.6 Å². The van der Waals surface area contributed by atoms with Crippen LogP contribution in [0.4, 0.5) is 0 Å². The van der Waals surface area contributed by atoms with Gasteiger partial charge in [0.1, 0.15) is 35.2 Å². The maximum Gasteiger partial charge on any atom is 0.133 e. The zero-order chi connectivity index (χ0) is 22.9. The van der Waals surface area contributed by atoms with E-state index in [0.29, 0.717) is 39.6 Å². The van der Waals surface area contributed by atoms with Gasteiger partial charge in [0.2, 0.25) is 0 Å². The predicted octanol–water partition coefficient (Wildman–Crippen LogP) is 5.78. The fourth-order valence-electron chi connectivity index (χ4n) is 4.72. The fraction of sp³-hybridized carbons (Fsp3) is 0.692. The molecule has 2 aliphatic rings. The largest absolute Gasteiger partial charge is 0.463 e. The topological polar surface area (TPSA) is 63.2 Å². The van der Waals surface area contributed by atoms with Crippen molar-refractivity contribution in [3.8, 4) is 0 Å². The lowest BCUT2D eigenvalue weighted by Crippen LogP contribution is -2.49. The maximum atomic E-state index is 6.05. The van der Waals surface area contributed by atoms with Crippen LogP contribution in [0, 0.1) is 38.5 Å². The van der Waals surface area contributed by atoms with E-state index in [1.54, 1.807) is 0 Å². The van der Waals surface area contributed by atoms with E-state index in [1.807, 2.05) is 13.8 Å². The maximum absolute atomic E-state index is 6.05. The van der Waals surface area contributed by atoms with Gasteiger partial charge in [0.15, 0.2) is 0 Å². The summed E-state index contributed by atoms with van der Waals surface area (Å²) in [6, 6.07) is 4.19. The van der Waals surface area contributed by atoms with Gasteiger partial charge in [0.05, 0.1) is 50.5 Å². The van der Waals surface area contributed by atoms with E-state index < -0.39 is 0 Å². The van der Waals surface area contributed by atoms with Gasteiger partial charge in [-0.2, -0.15) is 0 Å². The van der Waals surface area contributed by atoms with Gasteiger partial charge in [-0.3, -0.25) is 0 Å². The molecule has 0 N–H and O–H groups in total. The number of aryl methyl sites for hydroxylation is 4. The van der Waals surface area contributed by atoms with Gasteiger partial charge in [0.25, 0.3) is 0 Å². The Hall–Kier alpha value is -1.60. The molecule has 32 heavy (non-hydrogen) atoms. The second-order valence-corrected chi connectivity index (χ2v) is 9.70. The molecule has 2 fully saturated rings. The lowest BCUT2D eigenvalue weighted by atomic mass is 9.75. The Labute approximate surface area is 191 Å². The average Bonchev–Trinajstić information content (AvgIpc) is 3.22. The third kappa shape index (κ3) is 4.18. The zero-order valence-corrected chi connectivity index (χ0v) is 20.4. The van der Waals surface area contributed by atoms with Crippen molar-refractivity contribution >= 4 is 0 Å². The van der Waals surface area contributed by atoms with E-state index in [9.17, 15) is 0 Å². The van der Waals surface area contributed by atoms with Gasteiger partial charge in [-0.25, -0.2) is 0 Å². The normalized spacial score (nSPS) is 29.7. The zero-order valence-electron chi connectivity index (χ0n) is 20.4. The lowest BCUT2D eigenvalue weighted by molar-refractivity contribution is -0.233. The van der Waals surface area contributed by atoms with Crippen molar-refractivity contribution in [3.63, 3.8) is 0 Å². The van der Waals surface area contributed by atoms with Crippen LogP contribution in [-0.2, 0) is 18.9 Å². The number of ether oxygens (including phenoxy) is 4. The van der Waals surface area contributed by atoms with Gasteiger partial charge in [-0.15, -0.1) is 0 Å². The molecule has 2 saturated heterocycles. The number of furan rings is 2. The Morgan fingerprint density at radius 2 is 1.16 bits per heavy atom. The standard InChI is InChI=1S/C26H38O6/c1-7-25(15-29-23(25)21-11-17(3)19(5)31-21)13-27-9-10-28-14-26(8-2)16-30-24(26)22-12-18(4)20(6)32-22/h11-12,23-24H,7-10,13-16H2,1-6H3. The van der Waals surface area contributed by atoms with Crippen LogP contribution < -0.4 is 0 Å². The van der Waals surface area contributed by atoms with Crippen LogP contribution in [0.3, 0.4) is 0 Å². The van der Waals surface area contributed by atoms with Crippen LogP contribution in [0.25, 0.3) is 0 Å². The van der Waals surface area contributed by atoms with Gasteiger partial charge >= 0.3 is 0 Å². The average molecular weight is 447 g/mol. The smallest absolute Gasteiger partial charge is 0.133 e. The van der Waals surface area contributed by atoms with E-state index in [2.05, 4.69) is 39.8 Å². The van der Waals surface area contributed by atoms with E-state index >= 15 is 0 Å². The first-order chi connectivity index (χ1) is 15.3. The molecule has 0 radical (unpaired) electrons. The number of hydrogen-bond donors (Lipinski definition) is 0. The second-order valence-electron chi connectivity index (χ2n) is 9.70. The van der Waals surface area contributed by atoms with E-state index in [0.717, 1.165) is 47.0 Å². The monoisotopic (exact) mass is 446 g/mol. The van der Waals surface area contributed by atoms with Crippen molar-refractivity contribution < 1.29 is 27.8 Å². The molecular weight excluding hydrogens is 408 g/mol. The molecule has 0 spiro atoms. The molecule has 0 saturated carbocycles. The molecule has 6 heteroatoms. The highest BCUT2D eigenvalue weighted by molar-refractivity contribution is 5.24. The molecule has 178 valence electrons. The Balaban J connectivity index is 1.23. The van der Waals surface area contributed by atoms with E-state index in [-0.39, 0.29) is 23.0 Å². The quantitative estimate of drug-likeness (QED) is 0.408. The first-order valence-corrected chi connectivity index (χ1v) is 11.9. The van der Waals surface area contributed by atoms with Crippen LogP contribution in [0.15, 0.2) is 21.0 Å². The first-order valence-electron chi connectivity index (χ1n) is 11.9. The Bertz CT molecular complexity index is 792. The van der Waals surface area contributed by atoms with Crippen molar-refractivity contribution in [3.05, 3.63) is 46.3 Å². The lowest BCUT2D eigenvalue weighted by Gasteiger charge is -2.48. The summed E-state index contributed by atoms with van der Waals surface area (Å²) in [5.74, 6) is 3.74. The molecule has 4 atom stereocenters. The molecule has 0 aromatic carbocycles. The molecule has 2 aromatic rings. The molecule has 4 rings (SSSR count). The van der Waals surface area contributed by atoms with Crippen molar-refractivity contribution in [2.24, 2.45) is 10.8 Å². The van der Waals surface area contributed by atoms with Crippen LogP contribution in [-0.4, -0.2) is 39.6 Å². The highest BCUT2D eigenvalue weighted by Crippen LogP contribution is 2.51. The van der Waals surface area contributed by atoms with E-state index in [4.69, 9.17) is 27.8 Å². The summed E-state index contributed by atoms with van der Waals surface area (Å²) >= 11 is 0. The second kappa shape index (κ2) is 9.34. The van der Waals surface area contributed by atoms with Crippen LogP contribution in [0.2, 0.25) is 0 Å². The summed E-state index contributed by atoms with van der Waals surface area (Å²) in [5.41, 5.74) is 2.28.